The predicted molar refractivity (Wildman–Crippen MR) is 69.8 cm³/mol. The van der Waals surface area contributed by atoms with Gasteiger partial charge in [-0.15, -0.1) is 11.3 Å². The van der Waals surface area contributed by atoms with Crippen LogP contribution in [0.2, 0.25) is 5.28 Å². The summed E-state index contributed by atoms with van der Waals surface area (Å²) in [4.78, 5) is 9.35. The molecule has 6 heteroatoms. The third-order valence-corrected chi connectivity index (χ3v) is 3.86. The van der Waals surface area contributed by atoms with E-state index >= 15 is 0 Å². The third kappa shape index (κ3) is 2.36. The quantitative estimate of drug-likeness (QED) is 0.871. The van der Waals surface area contributed by atoms with Gasteiger partial charge in [0, 0.05) is 19.1 Å². The van der Waals surface area contributed by atoms with Crippen molar-refractivity contribution in [1.82, 2.24) is 9.97 Å². The number of hydrogen-bond acceptors (Lipinski definition) is 5. The second-order valence-electron chi connectivity index (χ2n) is 4.09. The fraction of sp³-hybridized carbons (Fsp3) is 0.455. The Labute approximate surface area is 108 Å². The molecule has 0 saturated carbocycles. The van der Waals surface area contributed by atoms with Crippen LogP contribution in [0.25, 0.3) is 10.2 Å². The van der Waals surface area contributed by atoms with E-state index in [4.69, 9.17) is 16.3 Å². The van der Waals surface area contributed by atoms with Crippen molar-refractivity contribution in [3.8, 4) is 0 Å². The molecule has 3 heterocycles. The minimum atomic E-state index is 0.296. The maximum Gasteiger partial charge on any atom is 0.225 e. The maximum atomic E-state index is 5.90. The summed E-state index contributed by atoms with van der Waals surface area (Å²) in [7, 11) is 0. The van der Waals surface area contributed by atoms with Gasteiger partial charge in [-0.25, -0.2) is 9.97 Å². The van der Waals surface area contributed by atoms with Gasteiger partial charge in [0.05, 0.1) is 12.0 Å². The van der Waals surface area contributed by atoms with Crippen molar-refractivity contribution in [3.63, 3.8) is 0 Å². The summed E-state index contributed by atoms with van der Waals surface area (Å²) in [6, 6.07) is 2.02. The van der Waals surface area contributed by atoms with Crippen molar-refractivity contribution < 1.29 is 4.74 Å². The van der Waals surface area contributed by atoms with Gasteiger partial charge in [-0.1, -0.05) is 0 Å². The molecule has 0 radical (unpaired) electrons. The second kappa shape index (κ2) is 4.76. The van der Waals surface area contributed by atoms with Crippen molar-refractivity contribution in [3.05, 3.63) is 16.7 Å². The van der Waals surface area contributed by atoms with Crippen molar-refractivity contribution in [1.29, 1.82) is 0 Å². The highest BCUT2D eigenvalue weighted by Gasteiger charge is 2.16. The van der Waals surface area contributed by atoms with Crippen molar-refractivity contribution in [2.24, 2.45) is 5.92 Å². The number of thiophene rings is 1. The van der Waals surface area contributed by atoms with E-state index in [1.54, 1.807) is 11.3 Å². The van der Waals surface area contributed by atoms with Gasteiger partial charge >= 0.3 is 0 Å². The first-order valence-electron chi connectivity index (χ1n) is 5.55. The summed E-state index contributed by atoms with van der Waals surface area (Å²) in [5.41, 5.74) is 0. The summed E-state index contributed by atoms with van der Waals surface area (Å²) in [5.74, 6) is 1.39. The second-order valence-corrected chi connectivity index (χ2v) is 5.32. The lowest BCUT2D eigenvalue weighted by molar-refractivity contribution is 0.187. The summed E-state index contributed by atoms with van der Waals surface area (Å²) < 4.78 is 5.34. The molecule has 1 unspecified atom stereocenters. The molecule has 1 N–H and O–H groups in total. The van der Waals surface area contributed by atoms with Crippen LogP contribution in [0, 0.1) is 5.92 Å². The zero-order valence-electron chi connectivity index (χ0n) is 9.15. The lowest BCUT2D eigenvalue weighted by Crippen LogP contribution is -2.15. The van der Waals surface area contributed by atoms with E-state index in [1.165, 1.54) is 0 Å². The average Bonchev–Trinajstić information content (AvgIpc) is 2.95. The monoisotopic (exact) mass is 269 g/mol. The predicted octanol–water partition coefficient (Wildman–Crippen LogP) is 2.79. The van der Waals surface area contributed by atoms with Crippen LogP contribution in [0.3, 0.4) is 0 Å². The van der Waals surface area contributed by atoms with Gasteiger partial charge < -0.3 is 10.1 Å². The van der Waals surface area contributed by atoms with Gasteiger partial charge in [-0.2, -0.15) is 0 Å². The molecule has 4 nitrogen and oxygen atoms in total. The molecule has 17 heavy (non-hydrogen) atoms. The first kappa shape index (κ1) is 11.2. The molecule has 0 bridgehead atoms. The van der Waals surface area contributed by atoms with E-state index in [-0.39, 0.29) is 0 Å². The summed E-state index contributed by atoms with van der Waals surface area (Å²) in [6.45, 7) is 2.57. The normalized spacial score (nSPS) is 19.9. The van der Waals surface area contributed by atoms with Gasteiger partial charge in [0.2, 0.25) is 5.28 Å². The van der Waals surface area contributed by atoms with Crippen LogP contribution in [-0.2, 0) is 4.74 Å². The van der Waals surface area contributed by atoms with Crippen LogP contribution < -0.4 is 5.32 Å². The van der Waals surface area contributed by atoms with E-state index in [1.807, 2.05) is 11.4 Å². The van der Waals surface area contributed by atoms with Gasteiger partial charge in [0.15, 0.2) is 0 Å². The number of halogens is 1. The molecule has 0 aliphatic carbocycles. The number of hydrogen-bond donors (Lipinski definition) is 1. The number of fused-ring (bicyclic) bond motifs is 1. The van der Waals surface area contributed by atoms with Crippen LogP contribution >= 0.6 is 22.9 Å². The molecule has 2 aromatic rings. The van der Waals surface area contributed by atoms with E-state index in [2.05, 4.69) is 15.3 Å². The minimum absolute atomic E-state index is 0.296. The maximum absolute atomic E-state index is 5.90. The number of nitrogens with zero attached hydrogens (tertiary/aromatic N) is 2. The van der Waals surface area contributed by atoms with E-state index in [0.29, 0.717) is 11.2 Å². The molecular weight excluding hydrogens is 258 g/mol. The number of nitrogens with one attached hydrogen (secondary N) is 1. The molecule has 0 spiro atoms. The number of rotatable bonds is 3. The lowest BCUT2D eigenvalue weighted by Gasteiger charge is -2.10. The Morgan fingerprint density at radius 3 is 3.29 bits per heavy atom. The van der Waals surface area contributed by atoms with Crippen LogP contribution in [0.15, 0.2) is 11.4 Å². The molecule has 1 saturated heterocycles. The van der Waals surface area contributed by atoms with E-state index in [9.17, 15) is 0 Å². The van der Waals surface area contributed by atoms with Gasteiger partial charge in [0.1, 0.15) is 10.6 Å². The Morgan fingerprint density at radius 2 is 2.47 bits per heavy atom. The number of aromatic nitrogens is 2. The first-order valence-corrected chi connectivity index (χ1v) is 6.81. The molecule has 2 aromatic heterocycles. The van der Waals surface area contributed by atoms with Crippen molar-refractivity contribution >= 4 is 39.0 Å². The van der Waals surface area contributed by atoms with Crippen LogP contribution in [-0.4, -0.2) is 29.7 Å². The Morgan fingerprint density at radius 1 is 1.53 bits per heavy atom. The van der Waals surface area contributed by atoms with Crippen LogP contribution in [0.1, 0.15) is 6.42 Å². The van der Waals surface area contributed by atoms with Crippen LogP contribution in [0.4, 0.5) is 5.82 Å². The minimum Gasteiger partial charge on any atom is -0.381 e. The zero-order valence-corrected chi connectivity index (χ0v) is 10.7. The average molecular weight is 270 g/mol. The molecule has 1 fully saturated rings. The van der Waals surface area contributed by atoms with Crippen molar-refractivity contribution in [2.45, 2.75) is 6.42 Å². The third-order valence-electron chi connectivity index (χ3n) is 2.88. The molecular formula is C11H12ClN3OS. The standard InChI is InChI=1S/C11H12ClN3OS/c12-11-14-9(8-2-4-17-10(8)15-11)13-5-7-1-3-16-6-7/h2,4,7H,1,3,5-6H2,(H,13,14,15). The summed E-state index contributed by atoms with van der Waals surface area (Å²) >= 11 is 7.47. The highest BCUT2D eigenvalue weighted by molar-refractivity contribution is 7.16. The Hall–Kier alpha value is -0.910. The molecule has 0 amide bonds. The highest BCUT2D eigenvalue weighted by atomic mass is 35.5. The number of anilines is 1. The fourth-order valence-corrected chi connectivity index (χ4v) is 2.93. The largest absolute Gasteiger partial charge is 0.381 e. The Balaban J connectivity index is 1.81. The van der Waals surface area contributed by atoms with Gasteiger partial charge in [0.25, 0.3) is 0 Å². The molecule has 90 valence electrons. The lowest BCUT2D eigenvalue weighted by atomic mass is 10.1. The fourth-order valence-electron chi connectivity index (χ4n) is 1.95. The van der Waals surface area contributed by atoms with E-state index in [0.717, 1.165) is 42.2 Å². The molecule has 0 aromatic carbocycles. The van der Waals surface area contributed by atoms with E-state index < -0.39 is 0 Å². The summed E-state index contributed by atoms with van der Waals surface area (Å²) in [5, 5.41) is 6.68. The Bertz CT molecular complexity index is 524. The van der Waals surface area contributed by atoms with Gasteiger partial charge in [-0.05, 0) is 29.5 Å². The highest BCUT2D eigenvalue weighted by Crippen LogP contribution is 2.26. The molecule has 1 atom stereocenters. The van der Waals surface area contributed by atoms with Crippen LogP contribution in [0.5, 0.6) is 0 Å². The summed E-state index contributed by atoms with van der Waals surface area (Å²) in [6.07, 6.45) is 1.11. The first-order chi connectivity index (χ1) is 8.33. The Kier molecular flexibility index (Phi) is 3.13. The molecule has 3 rings (SSSR count). The number of ether oxygens (including phenoxy) is 1. The van der Waals surface area contributed by atoms with Crippen molar-refractivity contribution in [2.75, 3.05) is 25.1 Å². The smallest absolute Gasteiger partial charge is 0.225 e. The van der Waals surface area contributed by atoms with Gasteiger partial charge in [-0.3, -0.25) is 0 Å². The topological polar surface area (TPSA) is 47.0 Å². The SMILES string of the molecule is Clc1nc(NCC2CCOC2)c2ccsc2n1. The molecule has 1 aliphatic heterocycles. The zero-order chi connectivity index (χ0) is 11.7. The molecule has 1 aliphatic rings.